The Balaban J connectivity index is 2.26. The normalized spacial score (nSPS) is 10.7. The molecular formula is C20H22I2O7. The molecule has 0 unspecified atom stereocenters. The van der Waals surface area contributed by atoms with Crippen LogP contribution in [0.4, 0.5) is 0 Å². The number of ether oxygens (including phenoxy) is 3. The molecule has 29 heavy (non-hydrogen) atoms. The molecule has 2 rings (SSSR count). The van der Waals surface area contributed by atoms with Crippen molar-refractivity contribution in [3.05, 3.63) is 34.2 Å². The third kappa shape index (κ3) is 7.12. The van der Waals surface area contributed by atoms with Gasteiger partial charge in [-0.3, -0.25) is 9.59 Å². The average molecular weight is 628 g/mol. The summed E-state index contributed by atoms with van der Waals surface area (Å²) < 4.78 is 23.2. The molecule has 0 saturated carbocycles. The topological polar surface area (TPSA) is 92.0 Å². The van der Waals surface area contributed by atoms with Gasteiger partial charge < -0.3 is 18.6 Å². The minimum Gasteiger partial charge on any atom is -0.489 e. The summed E-state index contributed by atoms with van der Waals surface area (Å²) in [4.78, 5) is 36.1. The van der Waals surface area contributed by atoms with Gasteiger partial charge in [-0.1, -0.05) is 45.2 Å². The summed E-state index contributed by atoms with van der Waals surface area (Å²) in [5.74, 6) is 0.302. The molecule has 9 heteroatoms. The predicted molar refractivity (Wildman–Crippen MR) is 126 cm³/mol. The summed E-state index contributed by atoms with van der Waals surface area (Å²) in [5.41, 5.74) is -0.426. The number of fused-ring (bicyclic) bond motifs is 1. The number of ketones is 1. The first kappa shape index (κ1) is 23.9. The van der Waals surface area contributed by atoms with Gasteiger partial charge in [0.25, 0.3) is 0 Å². The molecule has 0 saturated heterocycles. The molecular weight excluding hydrogens is 606 g/mol. The van der Waals surface area contributed by atoms with Crippen LogP contribution >= 0.6 is 45.2 Å². The number of Topliss-reactive ketones (excluding diaryl/α,β-unsaturated/α-hetero) is 1. The van der Waals surface area contributed by atoms with Crippen molar-refractivity contribution in [1.82, 2.24) is 0 Å². The number of esters is 1. The van der Waals surface area contributed by atoms with Gasteiger partial charge in [0.1, 0.15) is 11.1 Å². The van der Waals surface area contributed by atoms with E-state index in [4.69, 9.17) is 18.6 Å². The Hall–Kier alpha value is -1.37. The van der Waals surface area contributed by atoms with E-state index < -0.39 is 5.63 Å². The molecule has 0 fully saturated rings. The highest BCUT2D eigenvalue weighted by Gasteiger charge is 2.17. The van der Waals surface area contributed by atoms with E-state index in [2.05, 4.69) is 45.2 Å². The molecule has 0 aliphatic heterocycles. The molecule has 0 spiro atoms. The molecule has 0 atom stereocenters. The number of alkyl halides is 2. The number of halogens is 2. The van der Waals surface area contributed by atoms with Crippen molar-refractivity contribution in [3.63, 3.8) is 0 Å². The van der Waals surface area contributed by atoms with Crippen LogP contribution in [-0.2, 0) is 9.53 Å². The Labute approximate surface area is 195 Å². The Kier molecular flexibility index (Phi) is 10.2. The van der Waals surface area contributed by atoms with Crippen LogP contribution in [-0.4, -0.2) is 40.4 Å². The molecule has 158 valence electrons. The predicted octanol–water partition coefficient (Wildman–Crippen LogP) is 4.34. The zero-order valence-electron chi connectivity index (χ0n) is 16.0. The van der Waals surface area contributed by atoms with Gasteiger partial charge in [0, 0.05) is 33.1 Å². The summed E-state index contributed by atoms with van der Waals surface area (Å²) in [7, 11) is 0. The van der Waals surface area contributed by atoms with Gasteiger partial charge in [-0.2, -0.15) is 0 Å². The summed E-state index contributed by atoms with van der Waals surface area (Å²) in [6.07, 6.45) is 0.497. The van der Waals surface area contributed by atoms with Crippen LogP contribution in [0.3, 0.4) is 0 Å². The Morgan fingerprint density at radius 2 is 1.66 bits per heavy atom. The van der Waals surface area contributed by atoms with Crippen LogP contribution in [0, 0.1) is 0 Å². The molecule has 0 amide bonds. The lowest BCUT2D eigenvalue weighted by molar-refractivity contribution is -0.143. The van der Waals surface area contributed by atoms with Gasteiger partial charge in [-0.25, -0.2) is 4.79 Å². The van der Waals surface area contributed by atoms with Crippen molar-refractivity contribution in [2.24, 2.45) is 0 Å². The van der Waals surface area contributed by atoms with E-state index in [-0.39, 0.29) is 30.2 Å². The number of hydrogen-bond acceptors (Lipinski definition) is 7. The van der Waals surface area contributed by atoms with Crippen molar-refractivity contribution in [3.8, 4) is 11.5 Å². The number of carbonyl (C=O) groups is 2. The fourth-order valence-electron chi connectivity index (χ4n) is 2.61. The zero-order valence-corrected chi connectivity index (χ0v) is 20.3. The summed E-state index contributed by atoms with van der Waals surface area (Å²) in [5, 5.41) is 0.573. The van der Waals surface area contributed by atoms with Gasteiger partial charge in [-0.05, 0) is 25.5 Å². The van der Waals surface area contributed by atoms with Gasteiger partial charge in [0.05, 0.1) is 19.8 Å². The third-order valence-electron chi connectivity index (χ3n) is 3.86. The van der Waals surface area contributed by atoms with Crippen LogP contribution in [0.25, 0.3) is 11.0 Å². The number of hydrogen-bond donors (Lipinski definition) is 0. The molecule has 0 aliphatic rings. The second-order valence-corrected chi connectivity index (χ2v) is 8.10. The van der Waals surface area contributed by atoms with Gasteiger partial charge in [-0.15, -0.1) is 0 Å². The highest BCUT2D eigenvalue weighted by atomic mass is 127. The Bertz CT molecular complexity index is 908. The van der Waals surface area contributed by atoms with Crippen molar-refractivity contribution in [2.45, 2.75) is 26.2 Å². The van der Waals surface area contributed by atoms with Crippen molar-refractivity contribution in [2.75, 3.05) is 28.7 Å². The summed E-state index contributed by atoms with van der Waals surface area (Å²) >= 11 is 4.41. The summed E-state index contributed by atoms with van der Waals surface area (Å²) in [6, 6.07) is 4.83. The molecule has 1 aromatic carbocycles. The van der Waals surface area contributed by atoms with E-state index in [9.17, 15) is 14.4 Å². The van der Waals surface area contributed by atoms with Gasteiger partial charge in [0.15, 0.2) is 17.3 Å². The van der Waals surface area contributed by atoms with Crippen LogP contribution in [0.15, 0.2) is 27.4 Å². The SMILES string of the molecule is CCOC(=O)CCCC(=O)c1cc2cc(OCCI)c(OCCI)cc2oc1=O. The van der Waals surface area contributed by atoms with E-state index in [1.54, 1.807) is 19.1 Å². The minimum atomic E-state index is -0.709. The molecule has 0 radical (unpaired) electrons. The van der Waals surface area contributed by atoms with E-state index in [1.165, 1.54) is 6.07 Å². The van der Waals surface area contributed by atoms with Crippen LogP contribution in [0.5, 0.6) is 11.5 Å². The minimum absolute atomic E-state index is 0.0397. The smallest absolute Gasteiger partial charge is 0.347 e. The molecule has 1 aromatic heterocycles. The number of rotatable bonds is 12. The van der Waals surface area contributed by atoms with E-state index in [0.29, 0.717) is 48.7 Å². The van der Waals surface area contributed by atoms with Crippen molar-refractivity contribution < 1.29 is 28.2 Å². The lowest BCUT2D eigenvalue weighted by Gasteiger charge is -2.13. The molecule has 0 N–H and O–H groups in total. The van der Waals surface area contributed by atoms with Crippen LogP contribution in [0.1, 0.15) is 36.5 Å². The molecule has 0 aliphatic carbocycles. The lowest BCUT2D eigenvalue weighted by Crippen LogP contribution is -2.14. The zero-order chi connectivity index (χ0) is 21.2. The lowest BCUT2D eigenvalue weighted by atomic mass is 10.1. The Morgan fingerprint density at radius 1 is 1.00 bits per heavy atom. The quantitative estimate of drug-likeness (QED) is 0.114. The number of carbonyl (C=O) groups excluding carboxylic acids is 2. The highest BCUT2D eigenvalue weighted by molar-refractivity contribution is 14.1. The van der Waals surface area contributed by atoms with Crippen LogP contribution in [0.2, 0.25) is 0 Å². The van der Waals surface area contributed by atoms with Crippen molar-refractivity contribution in [1.29, 1.82) is 0 Å². The first-order valence-corrected chi connectivity index (χ1v) is 12.2. The second kappa shape index (κ2) is 12.4. The second-order valence-electron chi connectivity index (χ2n) is 5.94. The monoisotopic (exact) mass is 628 g/mol. The van der Waals surface area contributed by atoms with E-state index in [1.807, 2.05) is 0 Å². The number of benzene rings is 1. The maximum absolute atomic E-state index is 12.4. The van der Waals surface area contributed by atoms with Gasteiger partial charge >= 0.3 is 11.6 Å². The van der Waals surface area contributed by atoms with Gasteiger partial charge in [0.2, 0.25) is 0 Å². The van der Waals surface area contributed by atoms with Crippen LogP contribution < -0.4 is 15.1 Å². The largest absolute Gasteiger partial charge is 0.489 e. The molecule has 1 heterocycles. The highest BCUT2D eigenvalue weighted by Crippen LogP contribution is 2.33. The maximum atomic E-state index is 12.4. The molecule has 2 aromatic rings. The third-order valence-corrected chi connectivity index (χ3v) is 4.74. The standard InChI is InChI=1S/C20H22I2O7/c1-2-26-19(24)5-3-4-15(23)14-10-13-11-17(27-8-6-21)18(28-9-7-22)12-16(13)29-20(14)25/h10-12H,2-9H2,1H3. The molecule has 7 nitrogen and oxygen atoms in total. The van der Waals surface area contributed by atoms with E-state index in [0.717, 1.165) is 8.86 Å². The Morgan fingerprint density at radius 3 is 2.28 bits per heavy atom. The fourth-order valence-corrected chi connectivity index (χ4v) is 3.05. The first-order chi connectivity index (χ1) is 14.0. The van der Waals surface area contributed by atoms with Crippen molar-refractivity contribution >= 4 is 67.9 Å². The molecule has 0 bridgehead atoms. The van der Waals surface area contributed by atoms with E-state index >= 15 is 0 Å². The average Bonchev–Trinajstić information content (AvgIpc) is 2.70. The fraction of sp³-hybridized carbons (Fsp3) is 0.450. The maximum Gasteiger partial charge on any atom is 0.347 e. The first-order valence-electron chi connectivity index (χ1n) is 9.18. The summed E-state index contributed by atoms with van der Waals surface area (Å²) in [6.45, 7) is 3.02.